The third-order valence-corrected chi connectivity index (χ3v) is 3.87. The van der Waals surface area contributed by atoms with Crippen LogP contribution < -0.4 is 5.73 Å². The first kappa shape index (κ1) is 12.9. The number of imidazole rings is 1. The van der Waals surface area contributed by atoms with Gasteiger partial charge in [-0.25, -0.2) is 4.98 Å². The largest absolute Gasteiger partial charge is 0.385 e. The van der Waals surface area contributed by atoms with Gasteiger partial charge in [-0.3, -0.25) is 0 Å². The summed E-state index contributed by atoms with van der Waals surface area (Å²) in [4.78, 5) is 4.69. The summed E-state index contributed by atoms with van der Waals surface area (Å²) in [6, 6.07) is 6.23. The second kappa shape index (κ2) is 5.12. The van der Waals surface area contributed by atoms with Crippen LogP contribution in [0, 0.1) is 0 Å². The van der Waals surface area contributed by atoms with Crippen molar-refractivity contribution in [3.05, 3.63) is 29.0 Å². The second-order valence-electron chi connectivity index (χ2n) is 5.07. The fourth-order valence-corrected chi connectivity index (χ4v) is 2.72. The van der Waals surface area contributed by atoms with Gasteiger partial charge in [-0.05, 0) is 31.4 Å². The molecule has 102 valence electrons. The van der Waals surface area contributed by atoms with Crippen LogP contribution in [0.25, 0.3) is 11.0 Å². The highest BCUT2D eigenvalue weighted by molar-refractivity contribution is 6.35. The molecule has 1 aliphatic carbocycles. The lowest BCUT2D eigenvalue weighted by Gasteiger charge is -2.14. The quantitative estimate of drug-likeness (QED) is 0.915. The number of methoxy groups -OCH3 is 1. The van der Waals surface area contributed by atoms with Crippen LogP contribution in [0.15, 0.2) is 18.2 Å². The lowest BCUT2D eigenvalue weighted by Crippen LogP contribution is -2.18. The molecule has 1 aromatic carbocycles. The van der Waals surface area contributed by atoms with E-state index >= 15 is 0 Å². The van der Waals surface area contributed by atoms with E-state index < -0.39 is 0 Å². The molecule has 1 aliphatic rings. The van der Waals surface area contributed by atoms with Gasteiger partial charge in [0.2, 0.25) is 0 Å². The molecule has 1 aromatic heterocycles. The number of rotatable bonds is 5. The van der Waals surface area contributed by atoms with Crippen LogP contribution in [0.4, 0.5) is 0 Å². The van der Waals surface area contributed by atoms with Gasteiger partial charge in [-0.15, -0.1) is 0 Å². The Morgan fingerprint density at radius 1 is 1.53 bits per heavy atom. The minimum absolute atomic E-state index is 0.107. The van der Waals surface area contributed by atoms with E-state index in [0.717, 1.165) is 28.3 Å². The Balaban J connectivity index is 2.08. The summed E-state index contributed by atoms with van der Waals surface area (Å²) in [7, 11) is 1.69. The van der Waals surface area contributed by atoms with Gasteiger partial charge in [0.15, 0.2) is 0 Å². The fraction of sp³-hybridized carbons (Fsp3) is 0.500. The van der Waals surface area contributed by atoms with Gasteiger partial charge in [0.1, 0.15) is 5.82 Å². The molecule has 0 aliphatic heterocycles. The second-order valence-corrected chi connectivity index (χ2v) is 5.47. The van der Waals surface area contributed by atoms with Gasteiger partial charge in [0, 0.05) is 19.8 Å². The maximum absolute atomic E-state index is 6.33. The van der Waals surface area contributed by atoms with Gasteiger partial charge >= 0.3 is 0 Å². The lowest BCUT2D eigenvalue weighted by molar-refractivity contribution is 0.186. The molecule has 2 N–H and O–H groups in total. The number of benzene rings is 1. The van der Waals surface area contributed by atoms with Crippen molar-refractivity contribution in [2.45, 2.75) is 31.3 Å². The molecule has 1 unspecified atom stereocenters. The Labute approximate surface area is 117 Å². The summed E-state index contributed by atoms with van der Waals surface area (Å²) >= 11 is 6.33. The summed E-state index contributed by atoms with van der Waals surface area (Å²) in [5.41, 5.74) is 8.21. The minimum atomic E-state index is -0.107. The van der Waals surface area contributed by atoms with Gasteiger partial charge < -0.3 is 15.0 Å². The maximum atomic E-state index is 6.33. The molecule has 1 heterocycles. The van der Waals surface area contributed by atoms with E-state index in [2.05, 4.69) is 9.55 Å². The number of halogens is 1. The molecular formula is C14H18ClN3O. The predicted molar refractivity (Wildman–Crippen MR) is 76.4 cm³/mol. The molecule has 19 heavy (non-hydrogen) atoms. The van der Waals surface area contributed by atoms with Gasteiger partial charge in [0.25, 0.3) is 0 Å². The zero-order chi connectivity index (χ0) is 13.4. The predicted octanol–water partition coefficient (Wildman–Crippen LogP) is 3.06. The molecule has 0 saturated heterocycles. The van der Waals surface area contributed by atoms with Gasteiger partial charge in [0.05, 0.1) is 22.1 Å². The molecule has 5 heteroatoms. The highest BCUT2D eigenvalue weighted by atomic mass is 35.5. The first-order chi connectivity index (χ1) is 9.22. The molecule has 1 saturated carbocycles. The van der Waals surface area contributed by atoms with Crippen molar-refractivity contribution in [3.8, 4) is 0 Å². The van der Waals surface area contributed by atoms with E-state index in [1.807, 2.05) is 18.2 Å². The van der Waals surface area contributed by atoms with Crippen LogP contribution in [-0.2, 0) is 4.74 Å². The number of nitrogens with two attached hydrogens (primary N) is 1. The zero-order valence-electron chi connectivity index (χ0n) is 11.0. The molecule has 0 amide bonds. The highest BCUT2D eigenvalue weighted by Crippen LogP contribution is 2.41. The Morgan fingerprint density at radius 2 is 2.32 bits per heavy atom. The minimum Gasteiger partial charge on any atom is -0.385 e. The number of fused-ring (bicyclic) bond motifs is 1. The molecule has 2 aromatic rings. The number of hydrogen-bond acceptors (Lipinski definition) is 3. The molecule has 1 fully saturated rings. The van der Waals surface area contributed by atoms with Crippen molar-refractivity contribution in [2.75, 3.05) is 13.7 Å². The number of nitrogens with zero attached hydrogens (tertiary/aromatic N) is 2. The van der Waals surface area contributed by atoms with Crippen LogP contribution in [0.2, 0.25) is 5.02 Å². The Hall–Kier alpha value is -1.10. The molecular weight excluding hydrogens is 262 g/mol. The van der Waals surface area contributed by atoms with Crippen LogP contribution in [0.3, 0.4) is 0 Å². The molecule has 1 atom stereocenters. The van der Waals surface area contributed by atoms with E-state index in [1.54, 1.807) is 7.11 Å². The van der Waals surface area contributed by atoms with Crippen molar-refractivity contribution in [1.29, 1.82) is 0 Å². The summed E-state index contributed by atoms with van der Waals surface area (Å²) in [6.45, 7) is 0.642. The standard InChI is InChI=1S/C14H18ClN3O/c1-19-8-7-11(16)14-17-12-4-2-3-10(15)13(12)18(14)9-5-6-9/h2-4,9,11H,5-8,16H2,1H3. The Bertz CT molecular complexity index is 592. The number of hydrogen-bond donors (Lipinski definition) is 1. The van der Waals surface area contributed by atoms with Gasteiger partial charge in [-0.2, -0.15) is 0 Å². The van der Waals surface area contributed by atoms with Crippen molar-refractivity contribution in [3.63, 3.8) is 0 Å². The fourth-order valence-electron chi connectivity index (χ4n) is 2.46. The highest BCUT2D eigenvalue weighted by Gasteiger charge is 2.30. The SMILES string of the molecule is COCCC(N)c1nc2cccc(Cl)c2n1C1CC1. The Kier molecular flexibility index (Phi) is 3.48. The van der Waals surface area contributed by atoms with Crippen molar-refractivity contribution >= 4 is 22.6 Å². The van der Waals surface area contributed by atoms with Gasteiger partial charge in [-0.1, -0.05) is 17.7 Å². The third-order valence-electron chi connectivity index (χ3n) is 3.56. The lowest BCUT2D eigenvalue weighted by atomic mass is 10.2. The summed E-state index contributed by atoms with van der Waals surface area (Å²) in [6.07, 6.45) is 3.13. The Morgan fingerprint density at radius 3 is 3.00 bits per heavy atom. The van der Waals surface area contributed by atoms with E-state index in [-0.39, 0.29) is 6.04 Å². The van der Waals surface area contributed by atoms with E-state index in [0.29, 0.717) is 12.6 Å². The maximum Gasteiger partial charge on any atom is 0.127 e. The smallest absolute Gasteiger partial charge is 0.127 e. The number of para-hydroxylation sites is 1. The average Bonchev–Trinajstić information content (AvgIpc) is 3.16. The number of aromatic nitrogens is 2. The first-order valence-electron chi connectivity index (χ1n) is 6.63. The normalized spacial score (nSPS) is 17.0. The first-order valence-corrected chi connectivity index (χ1v) is 7.01. The van der Waals surface area contributed by atoms with E-state index in [9.17, 15) is 0 Å². The molecule has 4 nitrogen and oxygen atoms in total. The van der Waals surface area contributed by atoms with Crippen molar-refractivity contribution in [2.24, 2.45) is 5.73 Å². The van der Waals surface area contributed by atoms with Crippen LogP contribution in [0.1, 0.15) is 37.2 Å². The van der Waals surface area contributed by atoms with Crippen molar-refractivity contribution in [1.82, 2.24) is 9.55 Å². The topological polar surface area (TPSA) is 53.1 Å². The summed E-state index contributed by atoms with van der Waals surface area (Å²) in [5, 5.41) is 0.752. The summed E-state index contributed by atoms with van der Waals surface area (Å²) < 4.78 is 7.34. The molecule has 0 bridgehead atoms. The van der Waals surface area contributed by atoms with Crippen LogP contribution >= 0.6 is 11.6 Å². The van der Waals surface area contributed by atoms with E-state index in [4.69, 9.17) is 22.1 Å². The van der Waals surface area contributed by atoms with Crippen molar-refractivity contribution < 1.29 is 4.74 Å². The monoisotopic (exact) mass is 279 g/mol. The van der Waals surface area contributed by atoms with Crippen LogP contribution in [0.5, 0.6) is 0 Å². The average molecular weight is 280 g/mol. The van der Waals surface area contributed by atoms with Crippen LogP contribution in [-0.4, -0.2) is 23.3 Å². The zero-order valence-corrected chi connectivity index (χ0v) is 11.7. The molecule has 0 spiro atoms. The summed E-state index contributed by atoms with van der Waals surface area (Å²) in [5.74, 6) is 0.933. The number of ether oxygens (including phenoxy) is 1. The molecule has 3 rings (SSSR count). The molecule has 0 radical (unpaired) electrons. The third kappa shape index (κ3) is 2.36. The van der Waals surface area contributed by atoms with E-state index in [1.165, 1.54) is 12.8 Å².